The molecule has 1 amide bonds. The van der Waals surface area contributed by atoms with Gasteiger partial charge in [0.15, 0.2) is 0 Å². The van der Waals surface area contributed by atoms with Crippen LogP contribution < -0.4 is 5.73 Å². The summed E-state index contributed by atoms with van der Waals surface area (Å²) in [6.45, 7) is 10.7. The van der Waals surface area contributed by atoms with Crippen LogP contribution in [-0.4, -0.2) is 76.9 Å². The number of likely N-dealkylation sites (tertiary alicyclic amines) is 1. The van der Waals surface area contributed by atoms with Gasteiger partial charge in [-0.15, -0.1) is 0 Å². The second-order valence-corrected chi connectivity index (χ2v) is 6.26. The maximum atomic E-state index is 11.5. The van der Waals surface area contributed by atoms with Crippen molar-refractivity contribution in [3.8, 4) is 0 Å². The summed E-state index contributed by atoms with van der Waals surface area (Å²) in [7, 11) is 0. The molecule has 0 saturated carbocycles. The first-order valence-corrected chi connectivity index (χ1v) is 7.93. The van der Waals surface area contributed by atoms with Crippen molar-refractivity contribution in [1.29, 1.82) is 0 Å². The van der Waals surface area contributed by atoms with Crippen LogP contribution in [0.4, 0.5) is 0 Å². The standard InChI is InChI=1S/C14H26N4OS/c1-3-16-8-10-18(11-9-16)14(13(15)20)4-6-17(7-5-14)12(2)19/h3-11H2,1-2H3,(H2,15,20). The van der Waals surface area contributed by atoms with Crippen LogP contribution in [0.15, 0.2) is 0 Å². The fraction of sp³-hybridized carbons (Fsp3) is 0.857. The van der Waals surface area contributed by atoms with E-state index in [0.29, 0.717) is 4.99 Å². The number of piperazine rings is 1. The average molecular weight is 298 g/mol. The summed E-state index contributed by atoms with van der Waals surface area (Å²) in [4.78, 5) is 18.9. The average Bonchev–Trinajstić information content (AvgIpc) is 2.47. The van der Waals surface area contributed by atoms with Crippen LogP contribution in [0.5, 0.6) is 0 Å². The van der Waals surface area contributed by atoms with E-state index in [-0.39, 0.29) is 11.4 Å². The Morgan fingerprint density at radius 1 is 1.15 bits per heavy atom. The molecule has 2 heterocycles. The molecule has 5 nitrogen and oxygen atoms in total. The van der Waals surface area contributed by atoms with Crippen molar-refractivity contribution >= 4 is 23.1 Å². The number of piperidine rings is 1. The lowest BCUT2D eigenvalue weighted by Gasteiger charge is -2.50. The summed E-state index contributed by atoms with van der Waals surface area (Å²) in [5, 5.41) is 0. The molecule has 20 heavy (non-hydrogen) atoms. The number of amides is 1. The second kappa shape index (κ2) is 6.37. The third kappa shape index (κ3) is 2.97. The second-order valence-electron chi connectivity index (χ2n) is 5.82. The largest absolute Gasteiger partial charge is 0.392 e. The topological polar surface area (TPSA) is 52.8 Å². The van der Waals surface area contributed by atoms with Crippen molar-refractivity contribution in [2.24, 2.45) is 5.73 Å². The van der Waals surface area contributed by atoms with Gasteiger partial charge < -0.3 is 15.5 Å². The van der Waals surface area contributed by atoms with Crippen molar-refractivity contribution in [3.63, 3.8) is 0 Å². The van der Waals surface area contributed by atoms with Gasteiger partial charge >= 0.3 is 0 Å². The lowest BCUT2D eigenvalue weighted by atomic mass is 9.84. The van der Waals surface area contributed by atoms with Crippen LogP contribution in [0.25, 0.3) is 0 Å². The number of rotatable bonds is 3. The van der Waals surface area contributed by atoms with Crippen LogP contribution in [0.3, 0.4) is 0 Å². The number of carbonyl (C=O) groups excluding carboxylic acids is 1. The zero-order chi connectivity index (χ0) is 14.8. The molecular weight excluding hydrogens is 272 g/mol. The monoisotopic (exact) mass is 298 g/mol. The van der Waals surface area contributed by atoms with Gasteiger partial charge in [-0.3, -0.25) is 9.69 Å². The fourth-order valence-corrected chi connectivity index (χ4v) is 3.74. The van der Waals surface area contributed by atoms with Gasteiger partial charge in [0.1, 0.15) is 0 Å². The zero-order valence-electron chi connectivity index (χ0n) is 12.6. The van der Waals surface area contributed by atoms with Crippen molar-refractivity contribution in [2.75, 3.05) is 45.8 Å². The Bertz CT molecular complexity index is 371. The van der Waals surface area contributed by atoms with Gasteiger partial charge in [0.05, 0.1) is 10.5 Å². The molecule has 0 unspecified atom stereocenters. The van der Waals surface area contributed by atoms with E-state index in [1.54, 1.807) is 6.92 Å². The maximum Gasteiger partial charge on any atom is 0.219 e. The number of thiocarbonyl (C=S) groups is 1. The van der Waals surface area contributed by atoms with Gasteiger partial charge in [-0.2, -0.15) is 0 Å². The molecular formula is C14H26N4OS. The Balaban J connectivity index is 2.05. The molecule has 0 aromatic heterocycles. The van der Waals surface area contributed by atoms with Gasteiger partial charge in [-0.05, 0) is 19.4 Å². The smallest absolute Gasteiger partial charge is 0.219 e. The molecule has 0 radical (unpaired) electrons. The van der Waals surface area contributed by atoms with E-state index < -0.39 is 0 Å². The Hall–Kier alpha value is -0.720. The highest BCUT2D eigenvalue weighted by molar-refractivity contribution is 7.80. The molecule has 0 aliphatic carbocycles. The van der Waals surface area contributed by atoms with Crippen molar-refractivity contribution in [3.05, 3.63) is 0 Å². The summed E-state index contributed by atoms with van der Waals surface area (Å²) >= 11 is 5.39. The van der Waals surface area contributed by atoms with E-state index >= 15 is 0 Å². The van der Waals surface area contributed by atoms with Gasteiger partial charge in [0.25, 0.3) is 0 Å². The molecule has 6 heteroatoms. The van der Waals surface area contributed by atoms with Gasteiger partial charge in [-0.1, -0.05) is 19.1 Å². The molecule has 0 bridgehead atoms. The van der Waals surface area contributed by atoms with E-state index in [4.69, 9.17) is 18.0 Å². The Labute approximate surface area is 127 Å². The summed E-state index contributed by atoms with van der Waals surface area (Å²) < 4.78 is 0. The number of nitrogens with two attached hydrogens (primary N) is 1. The molecule has 0 atom stereocenters. The van der Waals surface area contributed by atoms with Crippen LogP contribution in [0.2, 0.25) is 0 Å². The lowest BCUT2D eigenvalue weighted by Crippen LogP contribution is -2.65. The predicted molar refractivity (Wildman–Crippen MR) is 84.7 cm³/mol. The van der Waals surface area contributed by atoms with Crippen LogP contribution in [0, 0.1) is 0 Å². The number of nitrogens with zero attached hydrogens (tertiary/aromatic N) is 3. The maximum absolute atomic E-state index is 11.5. The first-order valence-electron chi connectivity index (χ1n) is 7.52. The highest BCUT2D eigenvalue weighted by atomic mass is 32.1. The predicted octanol–water partition coefficient (Wildman–Crippen LogP) is 0.291. The molecule has 2 N–H and O–H groups in total. The molecule has 0 aromatic carbocycles. The van der Waals surface area contributed by atoms with Crippen molar-refractivity contribution in [1.82, 2.24) is 14.7 Å². The van der Waals surface area contributed by atoms with E-state index in [1.165, 1.54) is 0 Å². The van der Waals surface area contributed by atoms with E-state index in [9.17, 15) is 4.79 Å². The Morgan fingerprint density at radius 2 is 1.70 bits per heavy atom. The normalized spacial score (nSPS) is 24.6. The molecule has 0 aromatic rings. The Kier molecular flexibility index (Phi) is 4.99. The minimum atomic E-state index is -0.179. The molecule has 2 aliphatic heterocycles. The highest BCUT2D eigenvalue weighted by Crippen LogP contribution is 2.30. The lowest BCUT2D eigenvalue weighted by molar-refractivity contribution is -0.131. The van der Waals surface area contributed by atoms with E-state index in [2.05, 4.69) is 16.7 Å². The SMILES string of the molecule is CCN1CCN(C2(C(N)=S)CCN(C(C)=O)CC2)CC1. The molecule has 114 valence electrons. The van der Waals surface area contributed by atoms with Crippen molar-refractivity contribution < 1.29 is 4.79 Å². The van der Waals surface area contributed by atoms with E-state index in [0.717, 1.165) is 58.7 Å². The summed E-state index contributed by atoms with van der Waals surface area (Å²) in [6, 6.07) is 0. The van der Waals surface area contributed by atoms with Crippen LogP contribution in [-0.2, 0) is 4.79 Å². The van der Waals surface area contributed by atoms with Crippen LogP contribution in [0.1, 0.15) is 26.7 Å². The first-order chi connectivity index (χ1) is 9.49. The first kappa shape index (κ1) is 15.7. The number of carbonyl (C=O) groups is 1. The minimum absolute atomic E-state index is 0.150. The summed E-state index contributed by atoms with van der Waals surface area (Å²) in [6.07, 6.45) is 1.74. The summed E-state index contributed by atoms with van der Waals surface area (Å²) in [5.41, 5.74) is 5.91. The van der Waals surface area contributed by atoms with Gasteiger partial charge in [0, 0.05) is 46.2 Å². The quantitative estimate of drug-likeness (QED) is 0.759. The highest BCUT2D eigenvalue weighted by Gasteiger charge is 2.43. The number of likely N-dealkylation sites (N-methyl/N-ethyl adjacent to an activating group) is 1. The van der Waals surface area contributed by atoms with Gasteiger partial charge in [0.2, 0.25) is 5.91 Å². The third-order valence-electron chi connectivity index (χ3n) is 4.92. The molecule has 2 aliphatic rings. The molecule has 0 spiro atoms. The summed E-state index contributed by atoms with van der Waals surface area (Å²) in [5.74, 6) is 0.150. The third-order valence-corrected chi connectivity index (χ3v) is 5.30. The minimum Gasteiger partial charge on any atom is -0.392 e. The molecule has 2 fully saturated rings. The molecule has 2 rings (SSSR count). The zero-order valence-corrected chi connectivity index (χ0v) is 13.4. The van der Waals surface area contributed by atoms with Crippen LogP contribution >= 0.6 is 12.2 Å². The Morgan fingerprint density at radius 3 is 2.10 bits per heavy atom. The number of hydrogen-bond acceptors (Lipinski definition) is 4. The van der Waals surface area contributed by atoms with Gasteiger partial charge in [-0.25, -0.2) is 0 Å². The molecule has 2 saturated heterocycles. The van der Waals surface area contributed by atoms with E-state index in [1.807, 2.05) is 4.90 Å². The fourth-order valence-electron chi connectivity index (χ4n) is 3.40. The van der Waals surface area contributed by atoms with Crippen molar-refractivity contribution in [2.45, 2.75) is 32.2 Å². The number of hydrogen-bond donors (Lipinski definition) is 1.